The van der Waals surface area contributed by atoms with Gasteiger partial charge in [-0.2, -0.15) is 0 Å². The Balaban J connectivity index is 1.66. The molecule has 26 heavy (non-hydrogen) atoms. The van der Waals surface area contributed by atoms with E-state index < -0.39 is 0 Å². The summed E-state index contributed by atoms with van der Waals surface area (Å²) < 4.78 is 6.70. The summed E-state index contributed by atoms with van der Waals surface area (Å²) in [6.45, 7) is 2.02. The van der Waals surface area contributed by atoms with Crippen molar-refractivity contribution in [3.8, 4) is 16.3 Å². The van der Waals surface area contributed by atoms with E-state index in [2.05, 4.69) is 33.1 Å². The van der Waals surface area contributed by atoms with Crippen LogP contribution in [0.15, 0.2) is 53.0 Å². The van der Waals surface area contributed by atoms with Crippen LogP contribution in [0.3, 0.4) is 0 Å². The number of hydrogen-bond acceptors (Lipinski definition) is 5. The maximum Gasteiger partial charge on any atom is 0.266 e. The first kappa shape index (κ1) is 18.5. The molecule has 0 bridgehead atoms. The largest absolute Gasteiger partial charge is 0.483 e. The molecule has 1 heterocycles. The van der Waals surface area contributed by atoms with Crippen molar-refractivity contribution in [2.24, 2.45) is 0 Å². The highest BCUT2D eigenvalue weighted by molar-refractivity contribution is 9.10. The molecule has 1 aromatic heterocycles. The van der Waals surface area contributed by atoms with Crippen LogP contribution in [0.2, 0.25) is 0 Å². The van der Waals surface area contributed by atoms with Crippen molar-refractivity contribution in [3.05, 3.63) is 58.6 Å². The first-order valence-corrected chi connectivity index (χ1v) is 9.76. The lowest BCUT2D eigenvalue weighted by Gasteiger charge is -2.15. The molecule has 1 amide bonds. The molecule has 0 N–H and O–H groups in total. The zero-order valence-corrected chi connectivity index (χ0v) is 16.9. The van der Waals surface area contributed by atoms with Gasteiger partial charge in [0, 0.05) is 17.1 Å². The minimum Gasteiger partial charge on any atom is -0.483 e. The van der Waals surface area contributed by atoms with Crippen molar-refractivity contribution in [2.75, 3.05) is 18.6 Å². The number of carbonyl (C=O) groups excluding carboxylic acids is 1. The molecule has 0 aliphatic heterocycles. The molecule has 0 saturated carbocycles. The molecule has 3 aromatic rings. The summed E-state index contributed by atoms with van der Waals surface area (Å²) in [5, 5.41) is 9.62. The third-order valence-corrected chi connectivity index (χ3v) is 5.45. The van der Waals surface area contributed by atoms with Crippen LogP contribution in [0, 0.1) is 0 Å². The highest BCUT2D eigenvalue weighted by Gasteiger charge is 2.17. The second-order valence-corrected chi connectivity index (χ2v) is 7.47. The van der Waals surface area contributed by atoms with Gasteiger partial charge in [0.2, 0.25) is 5.13 Å². The van der Waals surface area contributed by atoms with Crippen LogP contribution in [0.5, 0.6) is 5.75 Å². The molecule has 0 aliphatic carbocycles. The van der Waals surface area contributed by atoms with E-state index in [1.54, 1.807) is 7.05 Å². The van der Waals surface area contributed by atoms with E-state index in [1.165, 1.54) is 16.2 Å². The van der Waals surface area contributed by atoms with Crippen molar-refractivity contribution >= 4 is 38.3 Å². The van der Waals surface area contributed by atoms with Gasteiger partial charge in [0.05, 0.1) is 0 Å². The maximum atomic E-state index is 12.4. The maximum absolute atomic E-state index is 12.4. The number of anilines is 1. The summed E-state index contributed by atoms with van der Waals surface area (Å²) in [6.07, 6.45) is 0.854. The molecule has 5 nitrogen and oxygen atoms in total. The van der Waals surface area contributed by atoms with E-state index in [-0.39, 0.29) is 12.5 Å². The number of halogens is 1. The number of carbonyl (C=O) groups is 1. The summed E-state index contributed by atoms with van der Waals surface area (Å²) in [4.78, 5) is 13.9. The third-order valence-electron chi connectivity index (χ3n) is 3.87. The number of para-hydroxylation sites is 1. The second-order valence-electron chi connectivity index (χ2n) is 5.60. The summed E-state index contributed by atoms with van der Waals surface area (Å²) in [5.41, 5.74) is 2.04. The van der Waals surface area contributed by atoms with Gasteiger partial charge < -0.3 is 4.74 Å². The second kappa shape index (κ2) is 8.42. The standard InChI is InChI=1S/C19H18BrN3O2S/c1-3-13-6-4-5-7-16(13)25-12-17(24)23(2)19-22-21-18(26-19)14-8-10-15(20)11-9-14/h4-11H,3,12H2,1-2H3. The molecule has 0 aliphatic rings. The number of aryl methyl sites for hydroxylation is 1. The van der Waals surface area contributed by atoms with Crippen LogP contribution in [-0.2, 0) is 11.2 Å². The Kier molecular flexibility index (Phi) is 6.00. The summed E-state index contributed by atoms with van der Waals surface area (Å²) in [5.74, 6) is 0.568. The zero-order valence-electron chi connectivity index (χ0n) is 14.5. The van der Waals surface area contributed by atoms with Crippen molar-refractivity contribution in [1.29, 1.82) is 0 Å². The van der Waals surface area contributed by atoms with Crippen molar-refractivity contribution < 1.29 is 9.53 Å². The molecule has 0 atom stereocenters. The van der Waals surface area contributed by atoms with Gasteiger partial charge in [0.1, 0.15) is 10.8 Å². The first-order valence-electron chi connectivity index (χ1n) is 8.15. The van der Waals surface area contributed by atoms with Crippen LogP contribution >= 0.6 is 27.3 Å². The van der Waals surface area contributed by atoms with Gasteiger partial charge >= 0.3 is 0 Å². The molecule has 134 valence electrons. The van der Waals surface area contributed by atoms with Crippen molar-refractivity contribution in [3.63, 3.8) is 0 Å². The summed E-state index contributed by atoms with van der Waals surface area (Å²) in [7, 11) is 1.68. The SMILES string of the molecule is CCc1ccccc1OCC(=O)N(C)c1nnc(-c2ccc(Br)cc2)s1. The molecule has 7 heteroatoms. The van der Waals surface area contributed by atoms with Gasteiger partial charge in [-0.3, -0.25) is 9.69 Å². The van der Waals surface area contributed by atoms with E-state index in [1.807, 2.05) is 48.5 Å². The Labute approximate surface area is 164 Å². The predicted molar refractivity (Wildman–Crippen MR) is 108 cm³/mol. The summed E-state index contributed by atoms with van der Waals surface area (Å²) >= 11 is 4.78. The van der Waals surface area contributed by atoms with E-state index in [9.17, 15) is 4.79 Å². The number of amides is 1. The zero-order chi connectivity index (χ0) is 18.5. The van der Waals surface area contributed by atoms with Gasteiger partial charge in [-0.05, 0) is 30.2 Å². The lowest BCUT2D eigenvalue weighted by atomic mass is 10.1. The van der Waals surface area contributed by atoms with Gasteiger partial charge in [0.25, 0.3) is 5.91 Å². The Morgan fingerprint density at radius 3 is 2.62 bits per heavy atom. The normalized spacial score (nSPS) is 10.6. The Morgan fingerprint density at radius 1 is 1.15 bits per heavy atom. The van der Waals surface area contributed by atoms with Crippen LogP contribution in [0.25, 0.3) is 10.6 Å². The fraction of sp³-hybridized carbons (Fsp3) is 0.211. The Morgan fingerprint density at radius 2 is 1.88 bits per heavy atom. The van der Waals surface area contributed by atoms with Crippen LogP contribution < -0.4 is 9.64 Å². The van der Waals surface area contributed by atoms with Gasteiger partial charge in [0.15, 0.2) is 6.61 Å². The number of benzene rings is 2. The fourth-order valence-electron chi connectivity index (χ4n) is 2.34. The lowest BCUT2D eigenvalue weighted by Crippen LogP contribution is -2.31. The molecule has 0 saturated heterocycles. The molecule has 0 spiro atoms. The van der Waals surface area contributed by atoms with Crippen LogP contribution in [0.4, 0.5) is 5.13 Å². The molecule has 0 fully saturated rings. The topological polar surface area (TPSA) is 55.3 Å². The highest BCUT2D eigenvalue weighted by atomic mass is 79.9. The Bertz CT molecular complexity index is 896. The summed E-state index contributed by atoms with van der Waals surface area (Å²) in [6, 6.07) is 15.6. The van der Waals surface area contributed by atoms with E-state index in [0.717, 1.165) is 32.8 Å². The van der Waals surface area contributed by atoms with Crippen LogP contribution in [-0.4, -0.2) is 29.8 Å². The third kappa shape index (κ3) is 4.28. The minimum absolute atomic E-state index is 0.0410. The molecule has 3 rings (SSSR count). The fourth-order valence-corrected chi connectivity index (χ4v) is 3.43. The monoisotopic (exact) mass is 431 g/mol. The number of rotatable bonds is 6. The number of hydrogen-bond donors (Lipinski definition) is 0. The quantitative estimate of drug-likeness (QED) is 0.573. The van der Waals surface area contributed by atoms with E-state index in [4.69, 9.17) is 4.74 Å². The minimum atomic E-state index is -0.172. The number of aromatic nitrogens is 2. The number of ether oxygens (including phenoxy) is 1. The molecule has 0 unspecified atom stereocenters. The van der Waals surface area contributed by atoms with E-state index >= 15 is 0 Å². The number of nitrogens with zero attached hydrogens (tertiary/aromatic N) is 3. The molecular weight excluding hydrogens is 414 g/mol. The van der Waals surface area contributed by atoms with Gasteiger partial charge in [-0.1, -0.05) is 64.5 Å². The smallest absolute Gasteiger partial charge is 0.266 e. The average Bonchev–Trinajstić information content (AvgIpc) is 3.16. The van der Waals surface area contributed by atoms with Gasteiger partial charge in [-0.25, -0.2) is 0 Å². The first-order chi connectivity index (χ1) is 12.6. The molecule has 2 aromatic carbocycles. The lowest BCUT2D eigenvalue weighted by molar-refractivity contribution is -0.120. The highest BCUT2D eigenvalue weighted by Crippen LogP contribution is 2.29. The average molecular weight is 432 g/mol. The van der Waals surface area contributed by atoms with Crippen LogP contribution in [0.1, 0.15) is 12.5 Å². The molecule has 0 radical (unpaired) electrons. The molecular formula is C19H18BrN3O2S. The van der Waals surface area contributed by atoms with Crippen molar-refractivity contribution in [2.45, 2.75) is 13.3 Å². The van der Waals surface area contributed by atoms with Gasteiger partial charge in [-0.15, -0.1) is 10.2 Å². The predicted octanol–water partition coefficient (Wildman–Crippen LogP) is 4.57. The van der Waals surface area contributed by atoms with E-state index in [0.29, 0.717) is 5.13 Å². The van der Waals surface area contributed by atoms with Crippen molar-refractivity contribution in [1.82, 2.24) is 10.2 Å². The number of likely N-dealkylation sites (N-methyl/N-ethyl adjacent to an activating group) is 1. The Hall–Kier alpha value is -2.25.